The van der Waals surface area contributed by atoms with Crippen molar-refractivity contribution < 1.29 is 4.79 Å². The number of carbonyl (C=O) groups excluding carboxylic acids is 1. The molecule has 0 aliphatic heterocycles. The van der Waals surface area contributed by atoms with Crippen LogP contribution < -0.4 is 0 Å². The molecule has 2 aromatic carbocycles. The van der Waals surface area contributed by atoms with Crippen molar-refractivity contribution in [2.45, 2.75) is 32.6 Å². The third-order valence-corrected chi connectivity index (χ3v) is 3.27. The molecule has 0 spiro atoms. The second-order valence-corrected chi connectivity index (χ2v) is 4.52. The molecule has 1 atom stereocenters. The molecule has 0 saturated heterocycles. The van der Waals surface area contributed by atoms with Gasteiger partial charge in [0.25, 0.3) is 0 Å². The minimum Gasteiger partial charge on any atom is -0.299 e. The summed E-state index contributed by atoms with van der Waals surface area (Å²) in [5, 5.41) is 2.43. The van der Waals surface area contributed by atoms with Gasteiger partial charge < -0.3 is 0 Å². The first kappa shape index (κ1) is 11.8. The topological polar surface area (TPSA) is 17.1 Å². The van der Waals surface area contributed by atoms with Gasteiger partial charge in [0.1, 0.15) is 5.78 Å². The van der Waals surface area contributed by atoms with Gasteiger partial charge in [-0.15, -0.1) is 0 Å². The molecule has 1 unspecified atom stereocenters. The molecule has 0 fully saturated rings. The average Bonchev–Trinajstić information content (AvgIpc) is 2.35. The van der Waals surface area contributed by atoms with Crippen LogP contribution in [0.5, 0.6) is 0 Å². The molecule has 0 aliphatic rings. The van der Waals surface area contributed by atoms with E-state index in [1.807, 2.05) is 18.2 Å². The molecule has 0 N–H and O–H groups in total. The largest absolute Gasteiger partial charge is 0.299 e. The molecule has 1 heteroatoms. The van der Waals surface area contributed by atoms with Crippen molar-refractivity contribution in [3.05, 3.63) is 48.0 Å². The van der Waals surface area contributed by atoms with Crippen LogP contribution in [0.3, 0.4) is 0 Å². The second-order valence-electron chi connectivity index (χ2n) is 4.52. The molecule has 17 heavy (non-hydrogen) atoms. The summed E-state index contributed by atoms with van der Waals surface area (Å²) in [5.74, 6) is 0.314. The van der Waals surface area contributed by atoms with Crippen LogP contribution in [0, 0.1) is 0 Å². The van der Waals surface area contributed by atoms with E-state index in [1.54, 1.807) is 6.92 Å². The SMILES string of the molecule is CCCC(C(C)=O)c1cccc2ccccc12. The number of Topliss-reactive ketones (excluding diaryl/α,β-unsaturated/α-hetero) is 1. The van der Waals surface area contributed by atoms with Gasteiger partial charge in [-0.1, -0.05) is 55.8 Å². The fraction of sp³-hybridized carbons (Fsp3) is 0.312. The maximum Gasteiger partial charge on any atom is 0.137 e. The normalized spacial score (nSPS) is 12.6. The molecule has 2 rings (SSSR count). The van der Waals surface area contributed by atoms with Crippen molar-refractivity contribution in [2.24, 2.45) is 0 Å². The Hall–Kier alpha value is -1.63. The van der Waals surface area contributed by atoms with Crippen LogP contribution in [-0.4, -0.2) is 5.78 Å². The number of rotatable bonds is 4. The van der Waals surface area contributed by atoms with Crippen LogP contribution >= 0.6 is 0 Å². The molecular weight excluding hydrogens is 208 g/mol. The summed E-state index contributed by atoms with van der Waals surface area (Å²) in [4.78, 5) is 11.8. The number of hydrogen-bond acceptors (Lipinski definition) is 1. The average molecular weight is 226 g/mol. The fourth-order valence-electron chi connectivity index (χ4n) is 2.42. The van der Waals surface area contributed by atoms with Gasteiger partial charge in [-0.05, 0) is 29.7 Å². The molecule has 0 saturated carbocycles. The monoisotopic (exact) mass is 226 g/mol. The van der Waals surface area contributed by atoms with E-state index in [4.69, 9.17) is 0 Å². The van der Waals surface area contributed by atoms with E-state index in [2.05, 4.69) is 31.2 Å². The molecule has 2 aromatic rings. The first-order valence-electron chi connectivity index (χ1n) is 6.22. The molecule has 0 radical (unpaired) electrons. The maximum atomic E-state index is 11.8. The summed E-state index contributed by atoms with van der Waals surface area (Å²) in [7, 11) is 0. The van der Waals surface area contributed by atoms with Crippen molar-refractivity contribution in [2.75, 3.05) is 0 Å². The van der Waals surface area contributed by atoms with E-state index in [0.717, 1.165) is 12.8 Å². The van der Waals surface area contributed by atoms with Crippen LogP contribution in [0.1, 0.15) is 38.2 Å². The minimum absolute atomic E-state index is 0.0473. The van der Waals surface area contributed by atoms with Crippen LogP contribution in [0.4, 0.5) is 0 Å². The predicted octanol–water partition coefficient (Wildman–Crippen LogP) is 4.31. The quantitative estimate of drug-likeness (QED) is 0.759. The van der Waals surface area contributed by atoms with E-state index < -0.39 is 0 Å². The van der Waals surface area contributed by atoms with E-state index >= 15 is 0 Å². The number of fused-ring (bicyclic) bond motifs is 1. The van der Waals surface area contributed by atoms with Gasteiger partial charge in [-0.3, -0.25) is 4.79 Å². The van der Waals surface area contributed by atoms with Crippen LogP contribution in [0.2, 0.25) is 0 Å². The summed E-state index contributed by atoms with van der Waals surface area (Å²) in [6.07, 6.45) is 1.97. The summed E-state index contributed by atoms with van der Waals surface area (Å²) in [6, 6.07) is 14.5. The first-order valence-corrected chi connectivity index (χ1v) is 6.22. The molecule has 0 aromatic heterocycles. The highest BCUT2D eigenvalue weighted by atomic mass is 16.1. The number of carbonyl (C=O) groups is 1. The third kappa shape index (κ3) is 2.38. The van der Waals surface area contributed by atoms with E-state index in [1.165, 1.54) is 16.3 Å². The van der Waals surface area contributed by atoms with Gasteiger partial charge in [0, 0.05) is 5.92 Å². The Morgan fingerprint density at radius 2 is 1.82 bits per heavy atom. The van der Waals surface area contributed by atoms with Crippen molar-refractivity contribution in [1.29, 1.82) is 0 Å². The van der Waals surface area contributed by atoms with Crippen molar-refractivity contribution in [3.8, 4) is 0 Å². The minimum atomic E-state index is 0.0473. The molecule has 88 valence electrons. The number of hydrogen-bond donors (Lipinski definition) is 0. The predicted molar refractivity (Wildman–Crippen MR) is 72.3 cm³/mol. The summed E-state index contributed by atoms with van der Waals surface area (Å²) in [6.45, 7) is 3.82. The first-order chi connectivity index (χ1) is 8.24. The van der Waals surface area contributed by atoms with Crippen LogP contribution in [-0.2, 0) is 4.79 Å². The van der Waals surface area contributed by atoms with Crippen molar-refractivity contribution >= 4 is 16.6 Å². The van der Waals surface area contributed by atoms with Crippen molar-refractivity contribution in [3.63, 3.8) is 0 Å². The molecule has 1 nitrogen and oxygen atoms in total. The molecule has 0 bridgehead atoms. The summed E-state index contributed by atoms with van der Waals surface area (Å²) in [5.41, 5.74) is 1.18. The molecule has 0 aliphatic carbocycles. The summed E-state index contributed by atoms with van der Waals surface area (Å²) >= 11 is 0. The lowest BCUT2D eigenvalue weighted by molar-refractivity contribution is -0.118. The number of benzene rings is 2. The lowest BCUT2D eigenvalue weighted by Crippen LogP contribution is -2.09. The Labute approximate surface area is 102 Å². The fourth-order valence-corrected chi connectivity index (χ4v) is 2.42. The van der Waals surface area contributed by atoms with Gasteiger partial charge in [0.05, 0.1) is 0 Å². The second kappa shape index (κ2) is 5.13. The Kier molecular flexibility index (Phi) is 3.58. The summed E-state index contributed by atoms with van der Waals surface area (Å²) < 4.78 is 0. The van der Waals surface area contributed by atoms with E-state index in [-0.39, 0.29) is 11.7 Å². The highest BCUT2D eigenvalue weighted by Gasteiger charge is 2.17. The zero-order valence-electron chi connectivity index (χ0n) is 10.4. The number of ketones is 1. The maximum absolute atomic E-state index is 11.8. The lowest BCUT2D eigenvalue weighted by Gasteiger charge is -2.15. The van der Waals surface area contributed by atoms with Gasteiger partial charge in [0.15, 0.2) is 0 Å². The highest BCUT2D eigenvalue weighted by Crippen LogP contribution is 2.29. The van der Waals surface area contributed by atoms with Gasteiger partial charge in [0.2, 0.25) is 0 Å². The highest BCUT2D eigenvalue weighted by molar-refractivity contribution is 5.92. The van der Waals surface area contributed by atoms with Gasteiger partial charge in [-0.25, -0.2) is 0 Å². The van der Waals surface area contributed by atoms with Crippen LogP contribution in [0.25, 0.3) is 10.8 Å². The van der Waals surface area contributed by atoms with Gasteiger partial charge >= 0.3 is 0 Å². The Morgan fingerprint density at radius 1 is 1.12 bits per heavy atom. The zero-order chi connectivity index (χ0) is 12.3. The van der Waals surface area contributed by atoms with E-state index in [9.17, 15) is 4.79 Å². The van der Waals surface area contributed by atoms with Gasteiger partial charge in [-0.2, -0.15) is 0 Å². The molecule has 0 heterocycles. The Bertz CT molecular complexity index is 523. The Morgan fingerprint density at radius 3 is 2.53 bits per heavy atom. The standard InChI is InChI=1S/C16H18O/c1-3-7-14(12(2)17)16-11-6-9-13-8-4-5-10-15(13)16/h4-6,8-11,14H,3,7H2,1-2H3. The van der Waals surface area contributed by atoms with Crippen molar-refractivity contribution in [1.82, 2.24) is 0 Å². The molecular formula is C16H18O. The Balaban J connectivity index is 2.56. The van der Waals surface area contributed by atoms with Crippen LogP contribution in [0.15, 0.2) is 42.5 Å². The lowest BCUT2D eigenvalue weighted by atomic mass is 9.88. The smallest absolute Gasteiger partial charge is 0.137 e. The third-order valence-electron chi connectivity index (χ3n) is 3.27. The zero-order valence-corrected chi connectivity index (χ0v) is 10.4. The molecule has 0 amide bonds. The van der Waals surface area contributed by atoms with E-state index in [0.29, 0.717) is 0 Å².